The maximum Gasteiger partial charge on any atom is 0.254 e. The molecule has 1 atom stereocenters. The van der Waals surface area contributed by atoms with Crippen molar-refractivity contribution in [3.8, 4) is 5.75 Å². The van der Waals surface area contributed by atoms with E-state index < -0.39 is 0 Å². The zero-order valence-electron chi connectivity index (χ0n) is 9.76. The molecule has 0 unspecified atom stereocenters. The summed E-state index contributed by atoms with van der Waals surface area (Å²) in [6.07, 6.45) is 2.52. The minimum absolute atomic E-state index is 0.0812. The lowest BCUT2D eigenvalue weighted by Crippen LogP contribution is -2.36. The van der Waals surface area contributed by atoms with E-state index in [9.17, 15) is 9.59 Å². The van der Waals surface area contributed by atoms with E-state index in [-0.39, 0.29) is 11.9 Å². The summed E-state index contributed by atoms with van der Waals surface area (Å²) < 4.78 is 5.04. The van der Waals surface area contributed by atoms with Crippen molar-refractivity contribution >= 4 is 12.2 Å². The maximum absolute atomic E-state index is 12.1. The molecule has 0 saturated carbocycles. The summed E-state index contributed by atoms with van der Waals surface area (Å²) in [6.45, 7) is 0.661. The second-order valence-electron chi connectivity index (χ2n) is 4.07. The topological polar surface area (TPSA) is 46.6 Å². The summed E-state index contributed by atoms with van der Waals surface area (Å²) >= 11 is 0. The van der Waals surface area contributed by atoms with Crippen molar-refractivity contribution in [1.29, 1.82) is 0 Å². The van der Waals surface area contributed by atoms with E-state index in [0.717, 1.165) is 24.9 Å². The first-order valence-electron chi connectivity index (χ1n) is 5.66. The number of aldehydes is 1. The Bertz CT molecular complexity index is 413. The Morgan fingerprint density at radius 2 is 2.12 bits per heavy atom. The van der Waals surface area contributed by atoms with Gasteiger partial charge in [-0.05, 0) is 37.1 Å². The highest BCUT2D eigenvalue weighted by Gasteiger charge is 2.28. The van der Waals surface area contributed by atoms with E-state index in [2.05, 4.69) is 0 Å². The summed E-state index contributed by atoms with van der Waals surface area (Å²) in [5.41, 5.74) is 0.597. The van der Waals surface area contributed by atoms with E-state index in [0.29, 0.717) is 12.1 Å². The molecule has 1 aromatic carbocycles. The van der Waals surface area contributed by atoms with Crippen LogP contribution in [0, 0.1) is 0 Å². The van der Waals surface area contributed by atoms with Crippen LogP contribution >= 0.6 is 0 Å². The lowest BCUT2D eigenvalue weighted by atomic mass is 10.1. The first-order chi connectivity index (χ1) is 8.26. The highest BCUT2D eigenvalue weighted by Crippen LogP contribution is 2.20. The molecule has 0 radical (unpaired) electrons. The second kappa shape index (κ2) is 4.99. The fourth-order valence-electron chi connectivity index (χ4n) is 2.09. The molecule has 90 valence electrons. The molecule has 1 heterocycles. The minimum Gasteiger partial charge on any atom is -0.497 e. The molecule has 0 aromatic heterocycles. The molecule has 0 spiro atoms. The summed E-state index contributed by atoms with van der Waals surface area (Å²) in [7, 11) is 1.58. The van der Waals surface area contributed by atoms with E-state index in [1.807, 2.05) is 0 Å². The van der Waals surface area contributed by atoms with Crippen LogP contribution in [0.5, 0.6) is 5.75 Å². The van der Waals surface area contributed by atoms with Crippen LogP contribution in [0.2, 0.25) is 0 Å². The van der Waals surface area contributed by atoms with Crippen LogP contribution in [-0.4, -0.2) is 36.8 Å². The van der Waals surface area contributed by atoms with Gasteiger partial charge < -0.3 is 14.4 Å². The number of ether oxygens (including phenoxy) is 1. The van der Waals surface area contributed by atoms with Gasteiger partial charge in [0.15, 0.2) is 0 Å². The van der Waals surface area contributed by atoms with Crippen LogP contribution in [0.1, 0.15) is 23.2 Å². The van der Waals surface area contributed by atoms with Crippen LogP contribution in [0.3, 0.4) is 0 Å². The lowest BCUT2D eigenvalue weighted by Gasteiger charge is -2.20. The zero-order valence-corrected chi connectivity index (χ0v) is 9.76. The fourth-order valence-corrected chi connectivity index (χ4v) is 2.09. The predicted octanol–water partition coefficient (Wildman–Crippen LogP) is 1.50. The SMILES string of the molecule is COc1ccc(C(=O)N2CCC[C@H]2C=O)cc1. The van der Waals surface area contributed by atoms with Gasteiger partial charge in [-0.3, -0.25) is 4.79 Å². The molecule has 0 N–H and O–H groups in total. The zero-order chi connectivity index (χ0) is 12.3. The third-order valence-corrected chi connectivity index (χ3v) is 3.05. The van der Waals surface area contributed by atoms with Gasteiger partial charge >= 0.3 is 0 Å². The monoisotopic (exact) mass is 233 g/mol. The van der Waals surface area contributed by atoms with Crippen molar-refractivity contribution < 1.29 is 14.3 Å². The molecule has 1 amide bonds. The average molecular weight is 233 g/mol. The number of benzene rings is 1. The molecule has 1 fully saturated rings. The average Bonchev–Trinajstić information content (AvgIpc) is 2.86. The standard InChI is InChI=1S/C13H15NO3/c1-17-12-6-4-10(5-7-12)13(16)14-8-2-3-11(14)9-15/h4-7,9,11H,2-3,8H2,1H3/t11-/m0/s1. The first-order valence-corrected chi connectivity index (χ1v) is 5.66. The van der Waals surface area contributed by atoms with Crippen molar-refractivity contribution in [3.63, 3.8) is 0 Å². The highest BCUT2D eigenvalue weighted by molar-refractivity contribution is 5.96. The van der Waals surface area contributed by atoms with Crippen molar-refractivity contribution in [3.05, 3.63) is 29.8 Å². The smallest absolute Gasteiger partial charge is 0.254 e. The van der Waals surface area contributed by atoms with Crippen LogP contribution < -0.4 is 4.74 Å². The Labute approximate surface area is 100 Å². The van der Waals surface area contributed by atoms with Gasteiger partial charge in [0.05, 0.1) is 13.2 Å². The second-order valence-corrected chi connectivity index (χ2v) is 4.07. The van der Waals surface area contributed by atoms with E-state index in [4.69, 9.17) is 4.74 Å². The molecular formula is C13H15NO3. The van der Waals surface area contributed by atoms with Gasteiger partial charge in [-0.2, -0.15) is 0 Å². The van der Waals surface area contributed by atoms with Gasteiger partial charge in [0.1, 0.15) is 12.0 Å². The maximum atomic E-state index is 12.1. The molecule has 4 heteroatoms. The van der Waals surface area contributed by atoms with Crippen molar-refractivity contribution in [2.75, 3.05) is 13.7 Å². The van der Waals surface area contributed by atoms with Gasteiger partial charge in [0.25, 0.3) is 5.91 Å². The van der Waals surface area contributed by atoms with Crippen molar-refractivity contribution in [2.45, 2.75) is 18.9 Å². The Morgan fingerprint density at radius 1 is 1.41 bits per heavy atom. The number of hydrogen-bond donors (Lipinski definition) is 0. The molecule has 2 rings (SSSR count). The van der Waals surface area contributed by atoms with E-state index in [1.165, 1.54) is 0 Å². The van der Waals surface area contributed by atoms with Gasteiger partial charge in [-0.1, -0.05) is 0 Å². The Kier molecular flexibility index (Phi) is 3.42. The van der Waals surface area contributed by atoms with Crippen LogP contribution in [-0.2, 0) is 4.79 Å². The molecule has 4 nitrogen and oxygen atoms in total. The number of likely N-dealkylation sites (tertiary alicyclic amines) is 1. The molecule has 17 heavy (non-hydrogen) atoms. The van der Waals surface area contributed by atoms with Crippen LogP contribution in [0.25, 0.3) is 0 Å². The quantitative estimate of drug-likeness (QED) is 0.743. The number of methoxy groups -OCH3 is 1. The Hall–Kier alpha value is -1.84. The summed E-state index contributed by atoms with van der Waals surface area (Å²) in [6, 6.07) is 6.69. The Morgan fingerprint density at radius 3 is 2.71 bits per heavy atom. The van der Waals surface area contributed by atoms with Gasteiger partial charge in [-0.25, -0.2) is 0 Å². The number of nitrogens with zero attached hydrogens (tertiary/aromatic N) is 1. The molecule has 0 aliphatic carbocycles. The largest absolute Gasteiger partial charge is 0.497 e. The molecule has 1 saturated heterocycles. The highest BCUT2D eigenvalue weighted by atomic mass is 16.5. The normalized spacial score (nSPS) is 19.1. The van der Waals surface area contributed by atoms with Crippen molar-refractivity contribution in [2.24, 2.45) is 0 Å². The number of amides is 1. The molecule has 0 bridgehead atoms. The number of rotatable bonds is 3. The summed E-state index contributed by atoms with van der Waals surface area (Å²) in [5, 5.41) is 0. The van der Waals surface area contributed by atoms with Crippen molar-refractivity contribution in [1.82, 2.24) is 4.90 Å². The molecule has 1 aliphatic heterocycles. The van der Waals surface area contributed by atoms with Crippen LogP contribution in [0.15, 0.2) is 24.3 Å². The Balaban J connectivity index is 2.15. The third-order valence-electron chi connectivity index (χ3n) is 3.05. The van der Waals surface area contributed by atoms with E-state index in [1.54, 1.807) is 36.3 Å². The molecule has 1 aromatic rings. The lowest BCUT2D eigenvalue weighted by molar-refractivity contribution is -0.111. The number of hydrogen-bond acceptors (Lipinski definition) is 3. The van der Waals surface area contributed by atoms with Crippen LogP contribution in [0.4, 0.5) is 0 Å². The van der Waals surface area contributed by atoms with Gasteiger partial charge in [0, 0.05) is 12.1 Å². The third kappa shape index (κ3) is 2.30. The molecular weight excluding hydrogens is 218 g/mol. The predicted molar refractivity (Wildman–Crippen MR) is 63.1 cm³/mol. The number of carbonyl (C=O) groups is 2. The fraction of sp³-hybridized carbons (Fsp3) is 0.385. The summed E-state index contributed by atoms with van der Waals surface area (Å²) in [4.78, 5) is 24.6. The molecule has 1 aliphatic rings. The summed E-state index contributed by atoms with van der Waals surface area (Å²) in [5.74, 6) is 0.636. The minimum atomic E-state index is -0.260. The van der Waals surface area contributed by atoms with E-state index >= 15 is 0 Å². The number of carbonyl (C=O) groups excluding carboxylic acids is 2. The van der Waals surface area contributed by atoms with Gasteiger partial charge in [-0.15, -0.1) is 0 Å². The first kappa shape index (κ1) is 11.6. The van der Waals surface area contributed by atoms with Gasteiger partial charge in [0.2, 0.25) is 0 Å².